The van der Waals surface area contributed by atoms with Crippen molar-refractivity contribution in [3.63, 3.8) is 0 Å². The first kappa shape index (κ1) is 24.9. The standard InChI is InChI=1S/C25H37NO5/c1-5-6-11-19-14-20(31-26-19)15-22-21(12-9-7-8-10-13-23(27)28)25(18(4)24(22)29)30-16-17(2)3/h7,9,14,17,21-22H,5-6,8,10-13,15-16H2,1-4H3,(H,27,28)/b9-7-/t21-,22-/m0/s1. The molecule has 0 spiro atoms. The van der Waals surface area contributed by atoms with Crippen LogP contribution in [0.5, 0.6) is 0 Å². The minimum Gasteiger partial charge on any atom is -0.497 e. The van der Waals surface area contributed by atoms with E-state index >= 15 is 0 Å². The number of hydrogen-bond acceptors (Lipinski definition) is 5. The number of nitrogens with zero attached hydrogens (tertiary/aromatic N) is 1. The van der Waals surface area contributed by atoms with E-state index in [9.17, 15) is 9.59 Å². The molecule has 1 aromatic heterocycles. The Hall–Kier alpha value is -2.37. The Kier molecular flexibility index (Phi) is 10.0. The Labute approximate surface area is 185 Å². The number of aryl methyl sites for hydroxylation is 1. The second-order valence-electron chi connectivity index (χ2n) is 8.86. The van der Waals surface area contributed by atoms with Crippen LogP contribution < -0.4 is 0 Å². The number of carboxylic acid groups (broad SMARTS) is 1. The van der Waals surface area contributed by atoms with Gasteiger partial charge in [0.1, 0.15) is 11.5 Å². The molecule has 0 unspecified atom stereocenters. The average Bonchev–Trinajstić information content (AvgIpc) is 3.25. The van der Waals surface area contributed by atoms with Gasteiger partial charge in [-0.05, 0) is 44.9 Å². The molecule has 0 amide bonds. The minimum absolute atomic E-state index is 0.0360. The molecule has 6 heteroatoms. The Balaban J connectivity index is 2.09. The van der Waals surface area contributed by atoms with Crippen molar-refractivity contribution in [1.82, 2.24) is 5.16 Å². The van der Waals surface area contributed by atoms with Crippen LogP contribution in [0.1, 0.15) is 77.7 Å². The van der Waals surface area contributed by atoms with Gasteiger partial charge in [0, 0.05) is 36.3 Å². The second kappa shape index (κ2) is 12.5. The number of ketones is 1. The van der Waals surface area contributed by atoms with Crippen LogP contribution in [-0.4, -0.2) is 28.6 Å². The van der Waals surface area contributed by atoms with E-state index in [-0.39, 0.29) is 24.0 Å². The van der Waals surface area contributed by atoms with Gasteiger partial charge in [-0.15, -0.1) is 0 Å². The molecule has 0 aliphatic heterocycles. The molecule has 0 bridgehead atoms. The molecule has 1 aliphatic rings. The smallest absolute Gasteiger partial charge is 0.303 e. The van der Waals surface area contributed by atoms with E-state index in [0.29, 0.717) is 43.8 Å². The molecule has 1 heterocycles. The number of hydrogen-bond donors (Lipinski definition) is 1. The molecule has 0 aromatic carbocycles. The molecule has 6 nitrogen and oxygen atoms in total. The lowest BCUT2D eigenvalue weighted by Gasteiger charge is -2.21. The number of Topliss-reactive ketones (excluding diaryl/α,β-unsaturated/α-hetero) is 1. The van der Waals surface area contributed by atoms with Crippen LogP contribution in [0.3, 0.4) is 0 Å². The average molecular weight is 432 g/mol. The number of ether oxygens (including phenoxy) is 1. The number of aliphatic carboxylic acids is 1. The summed E-state index contributed by atoms with van der Waals surface area (Å²) in [5, 5.41) is 12.9. The topological polar surface area (TPSA) is 89.6 Å². The van der Waals surface area contributed by atoms with Gasteiger partial charge >= 0.3 is 5.97 Å². The van der Waals surface area contributed by atoms with Crippen molar-refractivity contribution in [1.29, 1.82) is 0 Å². The highest BCUT2D eigenvalue weighted by Crippen LogP contribution is 2.40. The number of allylic oxidation sites excluding steroid dienone is 4. The van der Waals surface area contributed by atoms with E-state index < -0.39 is 5.97 Å². The number of unbranched alkanes of at least 4 members (excludes halogenated alkanes) is 2. The fourth-order valence-electron chi connectivity index (χ4n) is 3.90. The lowest BCUT2D eigenvalue weighted by molar-refractivity contribution is -0.137. The predicted octanol–water partition coefficient (Wildman–Crippen LogP) is 5.52. The highest BCUT2D eigenvalue weighted by Gasteiger charge is 2.41. The van der Waals surface area contributed by atoms with Crippen LogP contribution in [0.4, 0.5) is 0 Å². The van der Waals surface area contributed by atoms with Gasteiger partial charge in [-0.25, -0.2) is 0 Å². The largest absolute Gasteiger partial charge is 0.497 e. The van der Waals surface area contributed by atoms with E-state index in [1.54, 1.807) is 0 Å². The third-order valence-corrected chi connectivity index (χ3v) is 5.60. The molecular weight excluding hydrogens is 394 g/mol. The van der Waals surface area contributed by atoms with E-state index in [1.807, 2.05) is 19.1 Å². The van der Waals surface area contributed by atoms with Gasteiger partial charge in [0.2, 0.25) is 0 Å². The summed E-state index contributed by atoms with van der Waals surface area (Å²) >= 11 is 0. The van der Waals surface area contributed by atoms with Crippen molar-refractivity contribution in [2.75, 3.05) is 6.61 Å². The molecule has 0 saturated carbocycles. The molecular formula is C25H37NO5. The zero-order chi connectivity index (χ0) is 22.8. The fourth-order valence-corrected chi connectivity index (χ4v) is 3.90. The fraction of sp³-hybridized carbons (Fsp3) is 0.640. The van der Waals surface area contributed by atoms with Crippen molar-refractivity contribution in [2.45, 2.75) is 79.1 Å². The van der Waals surface area contributed by atoms with E-state index in [4.69, 9.17) is 14.4 Å². The molecule has 0 radical (unpaired) electrons. The van der Waals surface area contributed by atoms with Gasteiger partial charge in [-0.3, -0.25) is 9.59 Å². The maximum atomic E-state index is 13.1. The highest BCUT2D eigenvalue weighted by molar-refractivity contribution is 6.00. The van der Waals surface area contributed by atoms with Crippen molar-refractivity contribution in [2.24, 2.45) is 17.8 Å². The Morgan fingerprint density at radius 3 is 2.74 bits per heavy atom. The summed E-state index contributed by atoms with van der Waals surface area (Å²) in [6.45, 7) is 8.76. The minimum atomic E-state index is -0.775. The van der Waals surface area contributed by atoms with Crippen molar-refractivity contribution >= 4 is 11.8 Å². The summed E-state index contributed by atoms with van der Waals surface area (Å²) in [6.07, 6.45) is 9.82. The first-order valence-corrected chi connectivity index (χ1v) is 11.5. The Morgan fingerprint density at radius 2 is 2.06 bits per heavy atom. The van der Waals surface area contributed by atoms with E-state index in [2.05, 4.69) is 32.0 Å². The third-order valence-electron chi connectivity index (χ3n) is 5.60. The first-order valence-electron chi connectivity index (χ1n) is 11.5. The summed E-state index contributed by atoms with van der Waals surface area (Å²) in [4.78, 5) is 23.7. The monoisotopic (exact) mass is 431 g/mol. The zero-order valence-corrected chi connectivity index (χ0v) is 19.4. The molecule has 31 heavy (non-hydrogen) atoms. The number of carboxylic acids is 1. The van der Waals surface area contributed by atoms with Crippen LogP contribution in [0.25, 0.3) is 0 Å². The lowest BCUT2D eigenvalue weighted by Crippen LogP contribution is -2.21. The number of aromatic nitrogens is 1. The summed E-state index contributed by atoms with van der Waals surface area (Å²) in [5.41, 5.74) is 1.65. The molecule has 1 aromatic rings. The summed E-state index contributed by atoms with van der Waals surface area (Å²) in [7, 11) is 0. The van der Waals surface area contributed by atoms with Crippen molar-refractivity contribution < 1.29 is 24.0 Å². The van der Waals surface area contributed by atoms with Crippen molar-refractivity contribution in [3.05, 3.63) is 41.0 Å². The quantitative estimate of drug-likeness (QED) is 0.308. The summed E-state index contributed by atoms with van der Waals surface area (Å²) in [5.74, 6) is 1.00. The van der Waals surface area contributed by atoms with Crippen LogP contribution in [0.2, 0.25) is 0 Å². The van der Waals surface area contributed by atoms with Crippen molar-refractivity contribution in [3.8, 4) is 0 Å². The van der Waals surface area contributed by atoms with Gasteiger partial charge in [0.15, 0.2) is 5.78 Å². The molecule has 0 saturated heterocycles. The van der Waals surface area contributed by atoms with E-state index in [0.717, 1.165) is 36.5 Å². The SMILES string of the molecule is CCCCc1cc(C[C@@H]2C(=O)C(C)=C(OCC(C)C)[C@H]2C/C=C\CCCC(=O)O)on1. The number of carbonyl (C=O) groups excluding carboxylic acids is 1. The maximum Gasteiger partial charge on any atom is 0.303 e. The number of carbonyl (C=O) groups is 2. The predicted molar refractivity (Wildman–Crippen MR) is 120 cm³/mol. The molecule has 172 valence electrons. The number of rotatable bonds is 14. The van der Waals surface area contributed by atoms with Gasteiger partial charge in [0.25, 0.3) is 0 Å². The summed E-state index contributed by atoms with van der Waals surface area (Å²) in [6, 6.07) is 1.98. The molecule has 2 atom stereocenters. The van der Waals surface area contributed by atoms with Crippen LogP contribution in [-0.2, 0) is 27.2 Å². The Morgan fingerprint density at radius 1 is 1.29 bits per heavy atom. The van der Waals surface area contributed by atoms with E-state index in [1.165, 1.54) is 0 Å². The highest BCUT2D eigenvalue weighted by atomic mass is 16.5. The van der Waals surface area contributed by atoms with Crippen LogP contribution >= 0.6 is 0 Å². The Bertz CT molecular complexity index is 790. The normalized spacial score (nSPS) is 19.2. The molecule has 1 N–H and O–H groups in total. The third kappa shape index (κ3) is 7.67. The van der Waals surface area contributed by atoms with Crippen LogP contribution in [0.15, 0.2) is 34.1 Å². The van der Waals surface area contributed by atoms with Crippen LogP contribution in [0, 0.1) is 17.8 Å². The van der Waals surface area contributed by atoms with Gasteiger partial charge in [-0.2, -0.15) is 0 Å². The summed E-state index contributed by atoms with van der Waals surface area (Å²) < 4.78 is 11.6. The molecule has 0 fully saturated rings. The van der Waals surface area contributed by atoms with Gasteiger partial charge < -0.3 is 14.4 Å². The molecule has 1 aliphatic carbocycles. The van der Waals surface area contributed by atoms with Gasteiger partial charge in [0.05, 0.1) is 12.3 Å². The lowest BCUT2D eigenvalue weighted by atomic mass is 9.87. The zero-order valence-electron chi connectivity index (χ0n) is 19.4. The molecule has 2 rings (SSSR count). The van der Waals surface area contributed by atoms with Gasteiger partial charge in [-0.1, -0.05) is 44.5 Å². The maximum absolute atomic E-state index is 13.1. The second-order valence-corrected chi connectivity index (χ2v) is 8.86. The first-order chi connectivity index (χ1) is 14.8.